The van der Waals surface area contributed by atoms with Crippen LogP contribution in [0.1, 0.15) is 61.5 Å². The number of benzene rings is 7. The number of para-hydroxylation sites is 2. The molecular formula is C58H46GeN6. The van der Waals surface area contributed by atoms with E-state index in [4.69, 9.17) is 23.2 Å². The molecule has 7 heteroatoms. The summed E-state index contributed by atoms with van der Waals surface area (Å²) in [6, 6.07) is 30.7. The standard InChI is InChI=1S/C58H46GeN6/c1-57-33-15-16-34-58(57,2)65(53-32-35-60-38-48(53)57)56-62-54(39-18-17-23-43(36-39)64-51-28-13-10-25-45(51)46-26-11-14-29-52(46)64)61-55(63-56)40-30-31-50-47(37-40)44-24-9-12-27-49(44)59(50,41-19-5-3-6-20-41)42-21-7-4-8-22-42/h3-14,17-32,35-38H,15-16,33-34H2,1-2H3/i10D,11D,13D,14D,17D,18D,23D,25D,26D,28D,29D,36D. The second-order valence-corrected chi connectivity index (χ2v) is 25.4. The fraction of sp³-hybridized carbons (Fsp3) is 0.138. The van der Waals surface area contributed by atoms with Crippen LogP contribution in [0.5, 0.6) is 0 Å². The molecule has 1 saturated carbocycles. The van der Waals surface area contributed by atoms with Gasteiger partial charge in [0.15, 0.2) is 0 Å². The minimum absolute atomic E-state index is 0.176. The van der Waals surface area contributed by atoms with E-state index in [1.54, 1.807) is 6.20 Å². The minimum atomic E-state index is -3.67. The molecule has 2 atom stereocenters. The van der Waals surface area contributed by atoms with Gasteiger partial charge in [-0.25, -0.2) is 0 Å². The molecule has 10 aromatic rings. The number of pyridine rings is 1. The van der Waals surface area contributed by atoms with Gasteiger partial charge in [-0.05, 0) is 12.1 Å². The Morgan fingerprint density at radius 3 is 1.98 bits per heavy atom. The molecule has 0 spiro atoms. The third-order valence-corrected chi connectivity index (χ3v) is 24.8. The Kier molecular flexibility index (Phi) is 6.19. The van der Waals surface area contributed by atoms with E-state index in [0.717, 1.165) is 52.6 Å². The van der Waals surface area contributed by atoms with Gasteiger partial charge in [0.2, 0.25) is 0 Å². The van der Waals surface area contributed by atoms with Crippen LogP contribution >= 0.6 is 0 Å². The second kappa shape index (κ2) is 14.4. The molecule has 2 aliphatic heterocycles. The van der Waals surface area contributed by atoms with Gasteiger partial charge in [0.25, 0.3) is 0 Å². The molecular weight excluding hydrogens is 853 g/mol. The van der Waals surface area contributed by atoms with E-state index < -0.39 is 102 Å². The summed E-state index contributed by atoms with van der Waals surface area (Å²) in [5, 5.41) is -0.497. The Morgan fingerprint density at radius 2 is 1.25 bits per heavy atom. The SMILES string of the molecule is [2H]c1c([2H])c(-c2nc(-c3cc[c]4c(c3)-c3cccc[c]3[Ge]4([c]3ccccc3)[c]3ccccc3)nc(N3c4ccncc4C4(C)CCCCC34C)n2)c([2H])c(-n2c3c([2H])c([2H])c([2H])c([2H])c3c3c([2H])c([2H])c([2H])c([2H])c32)c1[2H]. The van der Waals surface area contributed by atoms with Gasteiger partial charge in [0.05, 0.1) is 11.0 Å². The van der Waals surface area contributed by atoms with Crippen LogP contribution in [0.2, 0.25) is 0 Å². The molecule has 0 amide bonds. The summed E-state index contributed by atoms with van der Waals surface area (Å²) in [6.07, 6.45) is 7.20. The third-order valence-electron chi connectivity index (χ3n) is 14.5. The van der Waals surface area contributed by atoms with Crippen molar-refractivity contribution in [2.24, 2.45) is 0 Å². The summed E-state index contributed by atoms with van der Waals surface area (Å²) in [5.41, 5.74) is 2.23. The maximum atomic E-state index is 10.2. The number of hydrogen-bond donors (Lipinski definition) is 0. The summed E-state index contributed by atoms with van der Waals surface area (Å²) >= 11 is -3.67. The van der Waals surface area contributed by atoms with Crippen molar-refractivity contribution in [2.75, 3.05) is 4.90 Å². The summed E-state index contributed by atoms with van der Waals surface area (Å²) in [5.74, 6) is 0.249. The van der Waals surface area contributed by atoms with E-state index >= 15 is 0 Å². The van der Waals surface area contributed by atoms with Crippen molar-refractivity contribution in [2.45, 2.75) is 50.5 Å². The quantitative estimate of drug-likeness (QED) is 0.156. The van der Waals surface area contributed by atoms with Crippen LogP contribution in [-0.4, -0.2) is 43.3 Å². The normalized spacial score (nSPS) is 21.8. The van der Waals surface area contributed by atoms with Crippen molar-refractivity contribution in [1.82, 2.24) is 24.5 Å². The molecule has 0 bridgehead atoms. The Balaban J connectivity index is 1.12. The Bertz CT molecular complexity index is 4100. The molecule has 1 fully saturated rings. The predicted molar refractivity (Wildman–Crippen MR) is 268 cm³/mol. The van der Waals surface area contributed by atoms with Crippen LogP contribution in [0.4, 0.5) is 11.6 Å². The maximum absolute atomic E-state index is 10.2. The number of aromatic nitrogens is 5. The van der Waals surface area contributed by atoms with Crippen molar-refractivity contribution in [3.05, 3.63) is 200 Å². The van der Waals surface area contributed by atoms with Crippen LogP contribution in [0.25, 0.3) is 61.4 Å². The summed E-state index contributed by atoms with van der Waals surface area (Å²) in [6.45, 7) is 4.45. The zero-order valence-corrected chi connectivity index (χ0v) is 37.7. The number of anilines is 2. The van der Waals surface area contributed by atoms with Crippen molar-refractivity contribution in [1.29, 1.82) is 0 Å². The molecule has 5 heterocycles. The molecule has 6 nitrogen and oxygen atoms in total. The summed E-state index contributed by atoms with van der Waals surface area (Å²) in [7, 11) is 0. The third kappa shape index (κ3) is 5.41. The van der Waals surface area contributed by atoms with Gasteiger partial charge in [-0.2, -0.15) is 0 Å². The van der Waals surface area contributed by atoms with Gasteiger partial charge >= 0.3 is 330 Å². The molecule has 65 heavy (non-hydrogen) atoms. The van der Waals surface area contributed by atoms with E-state index in [-0.39, 0.29) is 45.0 Å². The molecule has 0 N–H and O–H groups in total. The first-order valence-corrected chi connectivity index (χ1v) is 26.2. The first-order chi connectivity index (χ1) is 37.0. The fourth-order valence-electron chi connectivity index (χ4n) is 11.4. The molecule has 13 rings (SSSR count). The van der Waals surface area contributed by atoms with Gasteiger partial charge in [-0.3, -0.25) is 0 Å². The van der Waals surface area contributed by atoms with E-state index in [1.807, 2.05) is 30.5 Å². The molecule has 312 valence electrons. The zero-order chi connectivity index (χ0) is 53.8. The van der Waals surface area contributed by atoms with Gasteiger partial charge in [0.1, 0.15) is 0 Å². The van der Waals surface area contributed by atoms with Gasteiger partial charge in [-0.15, -0.1) is 0 Å². The number of fused-ring (bicyclic) bond motifs is 9. The van der Waals surface area contributed by atoms with E-state index in [2.05, 4.69) is 109 Å². The van der Waals surface area contributed by atoms with Crippen LogP contribution in [0, 0.1) is 0 Å². The molecule has 7 aromatic carbocycles. The van der Waals surface area contributed by atoms with Crippen LogP contribution in [0.3, 0.4) is 0 Å². The Labute approximate surface area is 398 Å². The van der Waals surface area contributed by atoms with E-state index in [1.165, 1.54) is 17.6 Å². The van der Waals surface area contributed by atoms with Gasteiger partial charge in [0, 0.05) is 10.8 Å². The second-order valence-electron chi connectivity index (χ2n) is 17.6. The van der Waals surface area contributed by atoms with Crippen molar-refractivity contribution >= 4 is 64.3 Å². The summed E-state index contributed by atoms with van der Waals surface area (Å²) in [4.78, 5) is 22.4. The van der Waals surface area contributed by atoms with Crippen LogP contribution in [0.15, 0.2) is 194 Å². The molecule has 3 aromatic heterocycles. The molecule has 0 radical (unpaired) electrons. The number of nitrogens with zero attached hydrogens (tertiary/aromatic N) is 6. The molecule has 3 aliphatic rings. The van der Waals surface area contributed by atoms with Crippen molar-refractivity contribution in [3.63, 3.8) is 0 Å². The molecule has 0 saturated heterocycles. The van der Waals surface area contributed by atoms with E-state index in [9.17, 15) is 8.22 Å². The number of hydrogen-bond acceptors (Lipinski definition) is 5. The van der Waals surface area contributed by atoms with Crippen LogP contribution < -0.4 is 22.5 Å². The monoisotopic (exact) mass is 912 g/mol. The first-order valence-electron chi connectivity index (χ1n) is 28.0. The average molecular weight is 912 g/mol. The Hall–Kier alpha value is -7.16. The number of rotatable bonds is 6. The molecule has 2 unspecified atom stereocenters. The van der Waals surface area contributed by atoms with Gasteiger partial charge in [-0.1, -0.05) is 36.3 Å². The van der Waals surface area contributed by atoms with Gasteiger partial charge < -0.3 is 0 Å². The first kappa shape index (κ1) is 27.9. The predicted octanol–water partition coefficient (Wildman–Crippen LogP) is 10.8. The fourth-order valence-corrected chi connectivity index (χ4v) is 22.2. The van der Waals surface area contributed by atoms with E-state index in [0.29, 0.717) is 5.56 Å². The molecule has 1 aliphatic carbocycles. The topological polar surface area (TPSA) is 59.7 Å². The van der Waals surface area contributed by atoms with Crippen LogP contribution in [-0.2, 0) is 5.41 Å². The average Bonchev–Trinajstić information content (AvgIpc) is 4.13. The zero-order valence-electron chi connectivity index (χ0n) is 47.6. The Morgan fingerprint density at radius 1 is 0.600 bits per heavy atom. The van der Waals surface area contributed by atoms with Crippen molar-refractivity contribution < 1.29 is 16.4 Å². The van der Waals surface area contributed by atoms with Crippen molar-refractivity contribution in [3.8, 4) is 39.6 Å². The summed E-state index contributed by atoms with van der Waals surface area (Å²) < 4.78 is 116.